The number of ether oxygens (including phenoxy) is 12. The second kappa shape index (κ2) is 53.0. The molecule has 0 aliphatic carbocycles. The van der Waals surface area contributed by atoms with Crippen LogP contribution < -0.4 is 41.4 Å². The van der Waals surface area contributed by atoms with Crippen LogP contribution in [0.3, 0.4) is 0 Å². The van der Waals surface area contributed by atoms with Gasteiger partial charge in [-0.15, -0.1) is 0 Å². The molecule has 52 heteroatoms. The van der Waals surface area contributed by atoms with Crippen molar-refractivity contribution in [1.29, 1.82) is 0 Å². The van der Waals surface area contributed by atoms with Crippen molar-refractivity contribution in [1.82, 2.24) is 31.9 Å². The van der Waals surface area contributed by atoms with E-state index in [-0.39, 0.29) is 60.6 Å². The molecule has 30 N–H and O–H groups in total. The van der Waals surface area contributed by atoms with Crippen molar-refractivity contribution in [2.24, 2.45) is 0 Å². The average molecular weight is 1890 g/mol. The molecule has 0 spiro atoms. The van der Waals surface area contributed by atoms with Crippen LogP contribution in [-0.2, 0) is 89.0 Å². The Hall–Kier alpha value is -5.10. The average Bonchev–Trinajstić information content (AvgIpc) is 0.805. The minimum Gasteiger partial charge on any atom is -0.462 e. The number of carbonyl (C=O) groups is 6. The standard InChI is InChI=1S/C74H116N6O42S4/c81-21-39-47(89)53(95)59(101)69(117-39)111-13-1-17-123-27-35(77-45(87)19-31-3-7-33(8-4-31)115-73-63(105)57(99)51(93)43(25-85)121-73)67(109)79-37(65(107)75-11-15-113-71-61(103)55(97)49(91)41(23-83)119-71)29-125-126-30-38(66(108)76-12-16-114-72-62(104)56(98)50(92)42(24-84)120-72)80-68(110)36(28-124-18-2-14-112-70-60(102)54(96)48(90)40(22-82)118-70)78-46(88)20-32-5-9-34(10-6-32)116-74-64(106)58(100)52(94)44(26-86)122-74/h3-10,35-44,47-64,69-74,81-86,89-106H,1-2,11-30H2,(H,75,107)(H,76,108)(H,77,87)(H,78,88)(H,79,109)(H,80,110)/t35-,36-,37-,38-,39+,40+,41+,42+,43+,44+,47+,48+,49+,50+,51+,52+,53-,54-,55-,56-,57-,58-,59-,60-,61-,62-,63-,64-,69-,70-,71-,72-,73-,74-/m0/s1. The molecule has 0 radical (unpaired) electrons. The summed E-state index contributed by atoms with van der Waals surface area (Å²) in [5.74, 6) is -6.36. The highest BCUT2D eigenvalue weighted by Gasteiger charge is 2.50. The van der Waals surface area contributed by atoms with Gasteiger partial charge in [-0.1, -0.05) is 45.9 Å². The van der Waals surface area contributed by atoms with Crippen LogP contribution >= 0.6 is 45.1 Å². The number of carbonyl (C=O) groups excluding carboxylic acids is 6. The summed E-state index contributed by atoms with van der Waals surface area (Å²) in [7, 11) is 1.66. The molecule has 34 atom stereocenters. The second-order valence-electron chi connectivity index (χ2n) is 29.9. The van der Waals surface area contributed by atoms with Crippen molar-refractivity contribution in [3.8, 4) is 11.5 Å². The van der Waals surface area contributed by atoms with E-state index in [1.54, 1.807) is 0 Å². The van der Waals surface area contributed by atoms with E-state index < -0.39 is 334 Å². The molecule has 6 amide bonds. The van der Waals surface area contributed by atoms with Crippen LogP contribution in [0.4, 0.5) is 0 Å². The van der Waals surface area contributed by atoms with E-state index in [1.165, 1.54) is 48.5 Å². The number of benzene rings is 2. The SMILES string of the molecule is O=C(Cc1ccc(O[C@H]2O[C@H](CO)[C@@H](O)[C@H](O)[C@@H]2O)cc1)N[C@@H](CSCCCO[C@H]1O[C@H](CO)[C@@H](O)[C@H](O)[C@@H]1O)C(=O)N[C@@H](CSSC[C@H](NC(=O)[C@H](CSCCCO[C@H]1O[C@H](CO)[C@@H](O)[C@H](O)[C@@H]1O)NC(=O)Cc1ccc(O[C@H]2O[C@H](CO)[C@@H](O)[C@H](O)[C@@H]2O)cc1)C(=O)NCCO[C@H]1O[C@H](CO)[C@@H](O)[C@H](O)[C@@H]1O)C(=O)NCCO[C@H]1O[C@H](CO)[C@@H](O)[C@H](O)[C@@H]1O. The third-order valence-electron chi connectivity index (χ3n) is 20.7. The van der Waals surface area contributed by atoms with E-state index in [4.69, 9.17) is 56.8 Å². The van der Waals surface area contributed by atoms with Crippen molar-refractivity contribution >= 4 is 80.6 Å². The lowest BCUT2D eigenvalue weighted by atomic mass is 9.99. The number of amides is 6. The second-order valence-corrected chi connectivity index (χ2v) is 34.8. The largest absolute Gasteiger partial charge is 0.462 e. The highest BCUT2D eigenvalue weighted by Crippen LogP contribution is 2.31. The van der Waals surface area contributed by atoms with Gasteiger partial charge in [-0.2, -0.15) is 23.5 Å². The first-order chi connectivity index (χ1) is 60.2. The van der Waals surface area contributed by atoms with E-state index in [9.17, 15) is 151 Å². The van der Waals surface area contributed by atoms with E-state index >= 15 is 0 Å². The van der Waals surface area contributed by atoms with Crippen LogP contribution in [-0.4, -0.2) is 480 Å². The fraction of sp³-hybridized carbons (Fsp3) is 0.757. The quantitative estimate of drug-likeness (QED) is 0.0216. The molecule has 6 aliphatic rings. The first-order valence-corrected chi connectivity index (χ1v) is 44.9. The fourth-order valence-corrected chi connectivity index (χ4v) is 17.5. The number of nitrogens with one attached hydrogen (secondary N) is 6. The Morgan fingerprint density at radius 3 is 0.817 bits per heavy atom. The third-order valence-corrected chi connectivity index (χ3v) is 25.4. The maximum absolute atomic E-state index is 14.9. The minimum absolute atomic E-state index is 0.0418. The summed E-state index contributed by atoms with van der Waals surface area (Å²) in [6.07, 6.45) is -49.5. The lowest BCUT2D eigenvalue weighted by Crippen LogP contribution is -2.60. The lowest BCUT2D eigenvalue weighted by Gasteiger charge is -2.39. The molecule has 0 aromatic heterocycles. The molecule has 6 fully saturated rings. The van der Waals surface area contributed by atoms with Gasteiger partial charge in [-0.25, -0.2) is 0 Å². The van der Waals surface area contributed by atoms with E-state index in [0.29, 0.717) is 11.1 Å². The summed E-state index contributed by atoms with van der Waals surface area (Å²) in [6, 6.07) is 4.90. The third kappa shape index (κ3) is 30.2. The molecule has 126 heavy (non-hydrogen) atoms. The summed E-state index contributed by atoms with van der Waals surface area (Å²) in [5, 5.41) is 261. The molecule has 6 heterocycles. The Morgan fingerprint density at radius 1 is 0.302 bits per heavy atom. The summed E-state index contributed by atoms with van der Waals surface area (Å²) in [6.45, 7) is -6.73. The molecule has 2 aromatic rings. The minimum atomic E-state index is -1.85. The Morgan fingerprint density at radius 2 is 0.548 bits per heavy atom. The zero-order valence-electron chi connectivity index (χ0n) is 67.5. The van der Waals surface area contributed by atoms with Crippen molar-refractivity contribution in [3.05, 3.63) is 59.7 Å². The van der Waals surface area contributed by atoms with E-state index in [2.05, 4.69) is 31.9 Å². The van der Waals surface area contributed by atoms with E-state index in [0.717, 1.165) is 45.1 Å². The van der Waals surface area contributed by atoms with Crippen LogP contribution in [0.1, 0.15) is 24.0 Å². The summed E-state index contributed by atoms with van der Waals surface area (Å²) in [5.41, 5.74) is 0.628. The number of thioether (sulfide) groups is 2. The van der Waals surface area contributed by atoms with Crippen LogP contribution in [0.15, 0.2) is 48.5 Å². The molecular formula is C74H116N6O42S4. The normalized spacial score (nSPS) is 34.5. The van der Waals surface area contributed by atoms with Gasteiger partial charge in [0.15, 0.2) is 25.2 Å². The van der Waals surface area contributed by atoms with Crippen molar-refractivity contribution in [3.63, 3.8) is 0 Å². The molecule has 8 rings (SSSR count). The van der Waals surface area contributed by atoms with Crippen LogP contribution in [0.2, 0.25) is 0 Å². The molecular weight excluding hydrogens is 1770 g/mol. The van der Waals surface area contributed by atoms with Gasteiger partial charge in [0.25, 0.3) is 0 Å². The van der Waals surface area contributed by atoms with Crippen LogP contribution in [0.25, 0.3) is 0 Å². The maximum atomic E-state index is 14.9. The molecule has 0 unspecified atom stereocenters. The van der Waals surface area contributed by atoms with Crippen LogP contribution in [0.5, 0.6) is 11.5 Å². The molecule has 0 saturated carbocycles. The molecule has 0 bridgehead atoms. The van der Waals surface area contributed by atoms with Gasteiger partial charge in [0.1, 0.15) is 182 Å². The van der Waals surface area contributed by atoms with Gasteiger partial charge in [0.2, 0.25) is 48.0 Å². The van der Waals surface area contributed by atoms with Gasteiger partial charge in [0.05, 0.1) is 78.9 Å². The molecule has 2 aromatic carbocycles. The highest BCUT2D eigenvalue weighted by atomic mass is 33.1. The van der Waals surface area contributed by atoms with Gasteiger partial charge in [0, 0.05) is 36.1 Å². The Bertz CT molecular complexity index is 3370. The van der Waals surface area contributed by atoms with Gasteiger partial charge >= 0.3 is 0 Å². The summed E-state index contributed by atoms with van der Waals surface area (Å²) in [4.78, 5) is 87.0. The van der Waals surface area contributed by atoms with Crippen molar-refractivity contribution in [2.45, 2.75) is 234 Å². The predicted molar refractivity (Wildman–Crippen MR) is 431 cm³/mol. The highest BCUT2D eigenvalue weighted by molar-refractivity contribution is 8.76. The summed E-state index contributed by atoms with van der Waals surface area (Å²) < 4.78 is 66.3. The number of aliphatic hydroxyl groups is 24. The Kier molecular flexibility index (Phi) is 44.7. The van der Waals surface area contributed by atoms with E-state index in [1.807, 2.05) is 0 Å². The lowest BCUT2D eigenvalue weighted by molar-refractivity contribution is -0.300. The zero-order chi connectivity index (χ0) is 92.2. The van der Waals surface area contributed by atoms with Crippen LogP contribution in [0, 0.1) is 0 Å². The zero-order valence-corrected chi connectivity index (χ0v) is 70.8. The number of rotatable bonds is 49. The first-order valence-electron chi connectivity index (χ1n) is 40.1. The summed E-state index contributed by atoms with van der Waals surface area (Å²) >= 11 is 2.16. The Balaban J connectivity index is 1.01. The monoisotopic (exact) mass is 1890 g/mol. The Labute approximate surface area is 736 Å². The maximum Gasteiger partial charge on any atom is 0.244 e. The fourth-order valence-electron chi connectivity index (χ4n) is 13.2. The van der Waals surface area contributed by atoms with Crippen molar-refractivity contribution < 1.29 is 208 Å². The molecule has 6 aliphatic heterocycles. The smallest absolute Gasteiger partial charge is 0.244 e. The number of aliphatic hydroxyl groups excluding tert-OH is 24. The van der Waals surface area contributed by atoms with Gasteiger partial charge in [-0.05, 0) is 59.7 Å². The first kappa shape index (κ1) is 106. The molecule has 718 valence electrons. The van der Waals surface area contributed by atoms with Gasteiger partial charge < -0.3 is 211 Å². The molecule has 48 nitrogen and oxygen atoms in total. The topological polar surface area (TPSA) is 771 Å². The number of hydrogen-bond acceptors (Lipinski definition) is 46. The predicted octanol–water partition coefficient (Wildman–Crippen LogP) is -15.1. The molecule has 6 saturated heterocycles. The van der Waals surface area contributed by atoms with Crippen molar-refractivity contribution in [2.75, 3.05) is 114 Å². The number of hydrogen-bond donors (Lipinski definition) is 30. The van der Waals surface area contributed by atoms with Gasteiger partial charge in [-0.3, -0.25) is 28.8 Å².